The summed E-state index contributed by atoms with van der Waals surface area (Å²) in [6.07, 6.45) is 1.03. The van der Waals surface area contributed by atoms with E-state index >= 15 is 0 Å². The second-order valence-corrected chi connectivity index (χ2v) is 4.24. The second kappa shape index (κ2) is 7.71. The molecule has 18 heavy (non-hydrogen) atoms. The lowest BCUT2D eigenvalue weighted by Gasteiger charge is -2.15. The number of benzene rings is 1. The molecular formula is C14H22N2O2. The summed E-state index contributed by atoms with van der Waals surface area (Å²) in [5, 5.41) is 6.03. The molecule has 0 spiro atoms. The molecule has 1 amide bonds. The van der Waals surface area contributed by atoms with E-state index in [0.29, 0.717) is 6.54 Å². The monoisotopic (exact) mass is 250 g/mol. The van der Waals surface area contributed by atoms with Crippen LogP contribution < -0.4 is 15.4 Å². The van der Waals surface area contributed by atoms with E-state index in [1.54, 1.807) is 7.11 Å². The van der Waals surface area contributed by atoms with Gasteiger partial charge in [0.15, 0.2) is 0 Å². The number of carbonyl (C=O) groups is 1. The maximum Gasteiger partial charge on any atom is 0.234 e. The quantitative estimate of drug-likeness (QED) is 0.726. The van der Waals surface area contributed by atoms with E-state index in [2.05, 4.69) is 17.6 Å². The van der Waals surface area contributed by atoms with Crippen molar-refractivity contribution in [3.63, 3.8) is 0 Å². The maximum absolute atomic E-state index is 11.6. The molecule has 1 aromatic carbocycles. The fourth-order valence-corrected chi connectivity index (χ4v) is 1.65. The lowest BCUT2D eigenvalue weighted by Crippen LogP contribution is -2.35. The van der Waals surface area contributed by atoms with Gasteiger partial charge in [-0.3, -0.25) is 4.79 Å². The van der Waals surface area contributed by atoms with Crippen molar-refractivity contribution in [3.8, 4) is 5.75 Å². The van der Waals surface area contributed by atoms with Crippen LogP contribution in [0.4, 0.5) is 0 Å². The van der Waals surface area contributed by atoms with Crippen LogP contribution in [0.3, 0.4) is 0 Å². The number of carbonyl (C=O) groups excluding carboxylic acids is 1. The van der Waals surface area contributed by atoms with E-state index in [0.717, 1.165) is 24.3 Å². The van der Waals surface area contributed by atoms with Crippen LogP contribution in [0.25, 0.3) is 0 Å². The number of rotatable bonds is 7. The summed E-state index contributed by atoms with van der Waals surface area (Å²) in [6, 6.07) is 7.72. The summed E-state index contributed by atoms with van der Waals surface area (Å²) in [5.74, 6) is 0.841. The Balaban J connectivity index is 2.43. The van der Waals surface area contributed by atoms with Crippen molar-refractivity contribution in [2.24, 2.45) is 0 Å². The van der Waals surface area contributed by atoms with Crippen LogP contribution in [0, 0.1) is 0 Å². The van der Waals surface area contributed by atoms with Crippen LogP contribution >= 0.6 is 0 Å². The summed E-state index contributed by atoms with van der Waals surface area (Å²) < 4.78 is 5.10. The fourth-order valence-electron chi connectivity index (χ4n) is 1.65. The van der Waals surface area contributed by atoms with Gasteiger partial charge < -0.3 is 15.4 Å². The van der Waals surface area contributed by atoms with Gasteiger partial charge in [0.05, 0.1) is 19.7 Å². The number of hydrogen-bond acceptors (Lipinski definition) is 3. The molecule has 1 rings (SSSR count). The number of amides is 1. The molecule has 0 aliphatic carbocycles. The van der Waals surface area contributed by atoms with Crippen molar-refractivity contribution < 1.29 is 9.53 Å². The zero-order chi connectivity index (χ0) is 13.4. The third kappa shape index (κ3) is 4.75. The van der Waals surface area contributed by atoms with Gasteiger partial charge in [0.25, 0.3) is 0 Å². The Kier molecular flexibility index (Phi) is 6.22. The Hall–Kier alpha value is -1.55. The average Bonchev–Trinajstić information content (AvgIpc) is 2.39. The first-order valence-corrected chi connectivity index (χ1v) is 6.31. The average molecular weight is 250 g/mol. The van der Waals surface area contributed by atoms with Crippen LogP contribution in [0.2, 0.25) is 0 Å². The molecule has 0 bridgehead atoms. The fraction of sp³-hybridized carbons (Fsp3) is 0.500. The second-order valence-electron chi connectivity index (χ2n) is 4.24. The summed E-state index contributed by atoms with van der Waals surface area (Å²) in [7, 11) is 1.64. The number of methoxy groups -OCH3 is 1. The van der Waals surface area contributed by atoms with Gasteiger partial charge in [-0.25, -0.2) is 0 Å². The van der Waals surface area contributed by atoms with E-state index in [4.69, 9.17) is 4.74 Å². The minimum absolute atomic E-state index is 0.00633. The van der Waals surface area contributed by atoms with Gasteiger partial charge in [0.2, 0.25) is 5.91 Å². The molecule has 0 fully saturated rings. The summed E-state index contributed by atoms with van der Waals surface area (Å²) in [6.45, 7) is 5.28. The van der Waals surface area contributed by atoms with Crippen molar-refractivity contribution in [1.82, 2.24) is 10.6 Å². The molecule has 4 nitrogen and oxygen atoms in total. The minimum atomic E-state index is 0.00633. The predicted octanol–water partition coefficient (Wildman–Crippen LogP) is 1.87. The highest BCUT2D eigenvalue weighted by atomic mass is 16.5. The highest BCUT2D eigenvalue weighted by Gasteiger charge is 2.08. The minimum Gasteiger partial charge on any atom is -0.497 e. The molecule has 0 radical (unpaired) electrons. The van der Waals surface area contributed by atoms with Crippen LogP contribution in [0.1, 0.15) is 31.9 Å². The Morgan fingerprint density at radius 2 is 2.00 bits per heavy atom. The normalized spacial score (nSPS) is 11.9. The van der Waals surface area contributed by atoms with Gasteiger partial charge in [-0.1, -0.05) is 19.1 Å². The topological polar surface area (TPSA) is 50.4 Å². The molecule has 0 heterocycles. The van der Waals surface area contributed by atoms with E-state index in [9.17, 15) is 4.79 Å². The smallest absolute Gasteiger partial charge is 0.234 e. The van der Waals surface area contributed by atoms with Crippen LogP contribution in [-0.4, -0.2) is 26.1 Å². The first kappa shape index (κ1) is 14.5. The Morgan fingerprint density at radius 3 is 2.56 bits per heavy atom. The Labute approximate surface area is 109 Å². The largest absolute Gasteiger partial charge is 0.497 e. The number of nitrogens with one attached hydrogen (secondary N) is 2. The van der Waals surface area contributed by atoms with Gasteiger partial charge >= 0.3 is 0 Å². The summed E-state index contributed by atoms with van der Waals surface area (Å²) >= 11 is 0. The van der Waals surface area contributed by atoms with Crippen molar-refractivity contribution in [2.45, 2.75) is 26.3 Å². The van der Waals surface area contributed by atoms with Crippen LogP contribution in [0.5, 0.6) is 5.75 Å². The van der Waals surface area contributed by atoms with Crippen molar-refractivity contribution >= 4 is 5.91 Å². The van der Waals surface area contributed by atoms with Gasteiger partial charge in [-0.15, -0.1) is 0 Å². The highest BCUT2D eigenvalue weighted by molar-refractivity contribution is 5.78. The molecule has 0 aromatic heterocycles. The SMILES string of the molecule is CCCNCC(=O)NC(C)c1ccc(OC)cc1. The van der Waals surface area contributed by atoms with Crippen LogP contribution in [-0.2, 0) is 4.79 Å². The van der Waals surface area contributed by atoms with E-state index in [-0.39, 0.29) is 11.9 Å². The molecule has 1 aromatic rings. The Bertz CT molecular complexity index is 363. The predicted molar refractivity (Wildman–Crippen MR) is 72.7 cm³/mol. The molecule has 0 aliphatic heterocycles. The zero-order valence-corrected chi connectivity index (χ0v) is 11.3. The molecule has 100 valence electrons. The van der Waals surface area contributed by atoms with Gasteiger partial charge in [-0.05, 0) is 37.6 Å². The summed E-state index contributed by atoms with van der Waals surface area (Å²) in [5.41, 5.74) is 1.07. The van der Waals surface area contributed by atoms with Crippen molar-refractivity contribution in [1.29, 1.82) is 0 Å². The van der Waals surface area contributed by atoms with Crippen molar-refractivity contribution in [2.75, 3.05) is 20.2 Å². The van der Waals surface area contributed by atoms with Crippen molar-refractivity contribution in [3.05, 3.63) is 29.8 Å². The Morgan fingerprint density at radius 1 is 1.33 bits per heavy atom. The van der Waals surface area contributed by atoms with E-state index < -0.39 is 0 Å². The molecule has 0 saturated carbocycles. The standard InChI is InChI=1S/C14H22N2O2/c1-4-9-15-10-14(17)16-11(2)12-5-7-13(18-3)8-6-12/h5-8,11,15H,4,9-10H2,1-3H3,(H,16,17). The van der Waals surface area contributed by atoms with Gasteiger partial charge in [-0.2, -0.15) is 0 Å². The van der Waals surface area contributed by atoms with Gasteiger partial charge in [0, 0.05) is 0 Å². The molecule has 4 heteroatoms. The molecule has 1 atom stereocenters. The lowest BCUT2D eigenvalue weighted by molar-refractivity contribution is -0.120. The number of hydrogen-bond donors (Lipinski definition) is 2. The van der Waals surface area contributed by atoms with Gasteiger partial charge in [0.1, 0.15) is 5.75 Å². The van der Waals surface area contributed by atoms with E-state index in [1.807, 2.05) is 31.2 Å². The van der Waals surface area contributed by atoms with Crippen LogP contribution in [0.15, 0.2) is 24.3 Å². The zero-order valence-electron chi connectivity index (χ0n) is 11.3. The van der Waals surface area contributed by atoms with E-state index in [1.165, 1.54) is 0 Å². The maximum atomic E-state index is 11.6. The first-order valence-electron chi connectivity index (χ1n) is 6.31. The molecule has 0 saturated heterocycles. The summed E-state index contributed by atoms with van der Waals surface area (Å²) in [4.78, 5) is 11.6. The third-order valence-corrected chi connectivity index (χ3v) is 2.71. The molecule has 0 aliphatic rings. The third-order valence-electron chi connectivity index (χ3n) is 2.71. The molecule has 2 N–H and O–H groups in total. The first-order chi connectivity index (χ1) is 8.67. The highest BCUT2D eigenvalue weighted by Crippen LogP contribution is 2.16. The lowest BCUT2D eigenvalue weighted by atomic mass is 10.1. The number of ether oxygens (including phenoxy) is 1. The molecule has 1 unspecified atom stereocenters. The molecular weight excluding hydrogens is 228 g/mol.